The first kappa shape index (κ1) is 18.2. The number of nitrogens with one attached hydrogen (secondary N) is 1. The Labute approximate surface area is 154 Å². The van der Waals surface area contributed by atoms with Crippen molar-refractivity contribution in [1.29, 1.82) is 0 Å². The van der Waals surface area contributed by atoms with Crippen LogP contribution in [0.2, 0.25) is 0 Å². The maximum absolute atomic E-state index is 12.5. The van der Waals surface area contributed by atoms with Crippen LogP contribution in [-0.4, -0.2) is 29.8 Å². The molecule has 138 valence electrons. The van der Waals surface area contributed by atoms with E-state index in [1.165, 1.54) is 6.42 Å². The van der Waals surface area contributed by atoms with Gasteiger partial charge in [0.05, 0.1) is 5.56 Å². The second-order valence-corrected chi connectivity index (χ2v) is 6.95. The molecule has 0 saturated carbocycles. The number of hydrogen-bond acceptors (Lipinski definition) is 3. The molecule has 5 heteroatoms. The molecule has 2 amide bonds. The number of carbonyl (C=O) groups is 2. The molecule has 1 N–H and O–H groups in total. The van der Waals surface area contributed by atoms with E-state index in [4.69, 9.17) is 4.42 Å². The van der Waals surface area contributed by atoms with Crippen LogP contribution >= 0.6 is 0 Å². The van der Waals surface area contributed by atoms with Gasteiger partial charge in [0, 0.05) is 30.8 Å². The van der Waals surface area contributed by atoms with E-state index in [2.05, 4.69) is 5.32 Å². The summed E-state index contributed by atoms with van der Waals surface area (Å²) in [6, 6.07) is 7.49. The Bertz CT molecular complexity index is 799. The van der Waals surface area contributed by atoms with E-state index in [9.17, 15) is 9.59 Å². The zero-order valence-corrected chi connectivity index (χ0v) is 15.7. The molecule has 0 aliphatic carbocycles. The molecular formula is C21H26N2O3. The summed E-state index contributed by atoms with van der Waals surface area (Å²) in [5, 5.41) is 2.93. The number of hydrogen-bond donors (Lipinski definition) is 1. The van der Waals surface area contributed by atoms with Crippen molar-refractivity contribution in [2.24, 2.45) is 0 Å². The predicted molar refractivity (Wildman–Crippen MR) is 100 cm³/mol. The number of piperidine rings is 1. The topological polar surface area (TPSA) is 62.6 Å². The van der Waals surface area contributed by atoms with Crippen LogP contribution in [-0.2, 0) is 6.54 Å². The van der Waals surface area contributed by atoms with Gasteiger partial charge in [-0.2, -0.15) is 0 Å². The van der Waals surface area contributed by atoms with Gasteiger partial charge in [-0.25, -0.2) is 0 Å². The van der Waals surface area contributed by atoms with Crippen LogP contribution in [0.15, 0.2) is 28.7 Å². The molecule has 0 bridgehead atoms. The van der Waals surface area contributed by atoms with E-state index in [0.717, 1.165) is 42.8 Å². The summed E-state index contributed by atoms with van der Waals surface area (Å²) in [6.07, 6.45) is 3.38. The number of rotatable bonds is 4. The average Bonchev–Trinajstić information content (AvgIpc) is 2.92. The summed E-state index contributed by atoms with van der Waals surface area (Å²) in [5.41, 5.74) is 3.16. The van der Waals surface area contributed by atoms with Gasteiger partial charge < -0.3 is 14.6 Å². The molecule has 0 atom stereocenters. The molecule has 2 aromatic rings. The van der Waals surface area contributed by atoms with Crippen molar-refractivity contribution in [3.8, 4) is 0 Å². The first-order valence-electron chi connectivity index (χ1n) is 9.20. The Morgan fingerprint density at radius 3 is 2.23 bits per heavy atom. The molecule has 3 rings (SSSR count). The van der Waals surface area contributed by atoms with Crippen molar-refractivity contribution in [2.75, 3.05) is 13.1 Å². The van der Waals surface area contributed by atoms with Gasteiger partial charge in [0.1, 0.15) is 11.5 Å². The van der Waals surface area contributed by atoms with Gasteiger partial charge >= 0.3 is 0 Å². The highest BCUT2D eigenvalue weighted by Crippen LogP contribution is 2.20. The fraction of sp³-hybridized carbons (Fsp3) is 0.429. The minimum atomic E-state index is -0.134. The standard InChI is InChI=1S/C21H26N2O3/c1-14-15(2)26-16(3)19(14)20(24)22-13-17-7-9-18(10-8-17)21(25)23-11-5-4-6-12-23/h7-10H,4-6,11-13H2,1-3H3,(H,22,24). The third-order valence-corrected chi connectivity index (χ3v) is 5.09. The van der Waals surface area contributed by atoms with E-state index < -0.39 is 0 Å². The van der Waals surface area contributed by atoms with Gasteiger partial charge in [-0.15, -0.1) is 0 Å². The molecule has 1 saturated heterocycles. The van der Waals surface area contributed by atoms with Crippen molar-refractivity contribution in [3.63, 3.8) is 0 Å². The molecule has 1 aromatic carbocycles. The smallest absolute Gasteiger partial charge is 0.255 e. The zero-order chi connectivity index (χ0) is 18.7. The SMILES string of the molecule is Cc1oc(C)c(C(=O)NCc2ccc(C(=O)N3CCCCC3)cc2)c1C. The fourth-order valence-corrected chi connectivity index (χ4v) is 3.44. The summed E-state index contributed by atoms with van der Waals surface area (Å²) in [7, 11) is 0. The first-order chi connectivity index (χ1) is 12.5. The normalized spacial score (nSPS) is 14.3. The molecule has 5 nitrogen and oxygen atoms in total. The molecule has 1 aromatic heterocycles. The van der Waals surface area contributed by atoms with E-state index in [1.54, 1.807) is 6.92 Å². The number of benzene rings is 1. The lowest BCUT2D eigenvalue weighted by Crippen LogP contribution is -2.35. The van der Waals surface area contributed by atoms with Crippen LogP contribution in [0.3, 0.4) is 0 Å². The Morgan fingerprint density at radius 2 is 1.65 bits per heavy atom. The third kappa shape index (κ3) is 3.82. The summed E-state index contributed by atoms with van der Waals surface area (Å²) in [5.74, 6) is 1.37. The molecule has 1 fully saturated rings. The molecule has 0 radical (unpaired) electrons. The van der Waals surface area contributed by atoms with Crippen LogP contribution in [0.4, 0.5) is 0 Å². The molecule has 0 spiro atoms. The van der Waals surface area contributed by atoms with Crippen LogP contribution in [0.25, 0.3) is 0 Å². The second kappa shape index (κ2) is 7.77. The number of furan rings is 1. The minimum Gasteiger partial charge on any atom is -0.466 e. The zero-order valence-electron chi connectivity index (χ0n) is 15.7. The molecule has 0 unspecified atom stereocenters. The van der Waals surface area contributed by atoms with Crippen molar-refractivity contribution < 1.29 is 14.0 Å². The number of nitrogens with zero attached hydrogens (tertiary/aromatic N) is 1. The molecular weight excluding hydrogens is 328 g/mol. The quantitative estimate of drug-likeness (QED) is 0.909. The number of aryl methyl sites for hydroxylation is 2. The highest BCUT2D eigenvalue weighted by molar-refractivity contribution is 5.97. The average molecular weight is 354 g/mol. The lowest BCUT2D eigenvalue weighted by atomic mass is 10.1. The Morgan fingerprint density at radius 1 is 1.00 bits per heavy atom. The van der Waals surface area contributed by atoms with Crippen LogP contribution in [0.5, 0.6) is 0 Å². The monoisotopic (exact) mass is 354 g/mol. The minimum absolute atomic E-state index is 0.0976. The van der Waals surface area contributed by atoms with Crippen LogP contribution < -0.4 is 5.32 Å². The molecule has 26 heavy (non-hydrogen) atoms. The van der Waals surface area contributed by atoms with E-state index >= 15 is 0 Å². The third-order valence-electron chi connectivity index (χ3n) is 5.09. The van der Waals surface area contributed by atoms with Crippen molar-refractivity contribution in [3.05, 3.63) is 58.0 Å². The van der Waals surface area contributed by atoms with Crippen LogP contribution in [0, 0.1) is 20.8 Å². The second-order valence-electron chi connectivity index (χ2n) is 6.95. The maximum atomic E-state index is 12.5. The Hall–Kier alpha value is -2.56. The van der Waals surface area contributed by atoms with Crippen molar-refractivity contribution in [1.82, 2.24) is 10.2 Å². The van der Waals surface area contributed by atoms with E-state index in [0.29, 0.717) is 23.4 Å². The van der Waals surface area contributed by atoms with Gasteiger partial charge in [0.15, 0.2) is 0 Å². The van der Waals surface area contributed by atoms with Gasteiger partial charge in [-0.1, -0.05) is 12.1 Å². The van der Waals surface area contributed by atoms with E-state index in [1.807, 2.05) is 43.0 Å². The van der Waals surface area contributed by atoms with E-state index in [-0.39, 0.29) is 11.8 Å². The van der Waals surface area contributed by atoms with Crippen LogP contribution in [0.1, 0.15) is 62.6 Å². The Kier molecular flexibility index (Phi) is 5.45. The van der Waals surface area contributed by atoms with Crippen molar-refractivity contribution in [2.45, 2.75) is 46.6 Å². The van der Waals surface area contributed by atoms with Gasteiger partial charge in [0.25, 0.3) is 11.8 Å². The molecule has 2 heterocycles. The number of amides is 2. The lowest BCUT2D eigenvalue weighted by molar-refractivity contribution is 0.0724. The molecule has 1 aliphatic heterocycles. The lowest BCUT2D eigenvalue weighted by Gasteiger charge is -2.26. The predicted octanol–water partition coefficient (Wildman–Crippen LogP) is 3.76. The van der Waals surface area contributed by atoms with Crippen molar-refractivity contribution >= 4 is 11.8 Å². The number of likely N-dealkylation sites (tertiary alicyclic amines) is 1. The number of carbonyl (C=O) groups excluding carboxylic acids is 2. The van der Waals surface area contributed by atoms with Gasteiger partial charge in [-0.05, 0) is 57.7 Å². The largest absolute Gasteiger partial charge is 0.466 e. The fourth-order valence-electron chi connectivity index (χ4n) is 3.44. The Balaban J connectivity index is 1.60. The van der Waals surface area contributed by atoms with Gasteiger partial charge in [-0.3, -0.25) is 9.59 Å². The highest BCUT2D eigenvalue weighted by atomic mass is 16.3. The molecule has 1 aliphatic rings. The summed E-state index contributed by atoms with van der Waals surface area (Å²) < 4.78 is 5.52. The summed E-state index contributed by atoms with van der Waals surface area (Å²) >= 11 is 0. The maximum Gasteiger partial charge on any atom is 0.255 e. The van der Waals surface area contributed by atoms with Gasteiger partial charge in [0.2, 0.25) is 0 Å². The summed E-state index contributed by atoms with van der Waals surface area (Å²) in [6.45, 7) is 7.66. The highest BCUT2D eigenvalue weighted by Gasteiger charge is 2.19. The summed E-state index contributed by atoms with van der Waals surface area (Å²) in [4.78, 5) is 26.8. The first-order valence-corrected chi connectivity index (χ1v) is 9.20.